The number of carbonyl (C=O) groups is 2. The fourth-order valence-electron chi connectivity index (χ4n) is 3.04. The van der Waals surface area contributed by atoms with Crippen LogP contribution >= 0.6 is 22.6 Å². The number of likely N-dealkylation sites (N-methyl/N-ethyl adjacent to an activating group) is 1. The summed E-state index contributed by atoms with van der Waals surface area (Å²) in [6.07, 6.45) is 11.6. The number of alkyl halides is 1. The SMILES string of the molecule is CCCCCC1C(I)C(=O)N(C)C12C=CC(=O)C=C2. The van der Waals surface area contributed by atoms with E-state index in [1.54, 1.807) is 17.1 Å². The van der Waals surface area contributed by atoms with Crippen molar-refractivity contribution >= 4 is 34.3 Å². The van der Waals surface area contributed by atoms with E-state index in [2.05, 4.69) is 29.5 Å². The van der Waals surface area contributed by atoms with E-state index in [-0.39, 0.29) is 27.1 Å². The smallest absolute Gasteiger partial charge is 0.236 e. The third-order valence-electron chi connectivity index (χ3n) is 4.24. The predicted molar refractivity (Wildman–Crippen MR) is 84.2 cm³/mol. The minimum atomic E-state index is -0.384. The fraction of sp³-hybridized carbons (Fsp3) is 0.600. The summed E-state index contributed by atoms with van der Waals surface area (Å²) in [5.41, 5.74) is -0.384. The summed E-state index contributed by atoms with van der Waals surface area (Å²) in [4.78, 5) is 25.4. The van der Waals surface area contributed by atoms with Gasteiger partial charge in [0.25, 0.3) is 0 Å². The molecule has 4 heteroatoms. The molecule has 1 spiro atoms. The minimum Gasteiger partial charge on any atom is -0.332 e. The van der Waals surface area contributed by atoms with E-state index in [9.17, 15) is 9.59 Å². The number of halogens is 1. The van der Waals surface area contributed by atoms with Gasteiger partial charge in [0.15, 0.2) is 5.78 Å². The first-order valence-electron chi connectivity index (χ1n) is 6.87. The van der Waals surface area contributed by atoms with Gasteiger partial charge in [0.1, 0.15) is 0 Å². The first-order valence-corrected chi connectivity index (χ1v) is 8.11. The lowest BCUT2D eigenvalue weighted by Gasteiger charge is -2.36. The highest BCUT2D eigenvalue weighted by Crippen LogP contribution is 2.44. The van der Waals surface area contributed by atoms with Gasteiger partial charge in [0.2, 0.25) is 5.91 Å². The zero-order chi connectivity index (χ0) is 14.0. The first kappa shape index (κ1) is 14.8. The Balaban J connectivity index is 2.27. The van der Waals surface area contributed by atoms with Gasteiger partial charge in [-0.05, 0) is 18.6 Å². The lowest BCUT2D eigenvalue weighted by molar-refractivity contribution is -0.127. The predicted octanol–water partition coefficient (Wildman–Crippen LogP) is 2.89. The average molecular weight is 373 g/mol. The number of amides is 1. The molecule has 0 saturated carbocycles. The second-order valence-electron chi connectivity index (χ2n) is 5.36. The largest absolute Gasteiger partial charge is 0.332 e. The summed E-state index contributed by atoms with van der Waals surface area (Å²) in [7, 11) is 1.85. The highest BCUT2D eigenvalue weighted by molar-refractivity contribution is 14.1. The monoisotopic (exact) mass is 373 g/mol. The second-order valence-corrected chi connectivity index (χ2v) is 6.70. The van der Waals surface area contributed by atoms with Crippen molar-refractivity contribution in [3.05, 3.63) is 24.3 Å². The van der Waals surface area contributed by atoms with E-state index in [1.807, 2.05) is 19.2 Å². The molecule has 2 rings (SSSR count). The zero-order valence-electron chi connectivity index (χ0n) is 11.4. The van der Waals surface area contributed by atoms with E-state index < -0.39 is 0 Å². The average Bonchev–Trinajstić information content (AvgIpc) is 2.58. The molecule has 0 aromatic carbocycles. The van der Waals surface area contributed by atoms with Crippen molar-refractivity contribution in [2.45, 2.75) is 42.1 Å². The highest BCUT2D eigenvalue weighted by Gasteiger charge is 2.53. The molecule has 0 bridgehead atoms. The molecule has 1 aliphatic heterocycles. The van der Waals surface area contributed by atoms with Crippen molar-refractivity contribution in [3.63, 3.8) is 0 Å². The number of hydrogen-bond donors (Lipinski definition) is 0. The molecule has 1 aliphatic carbocycles. The summed E-state index contributed by atoms with van der Waals surface area (Å²) in [5.74, 6) is 0.444. The molecule has 3 nitrogen and oxygen atoms in total. The molecule has 0 radical (unpaired) electrons. The number of carbonyl (C=O) groups excluding carboxylic acids is 2. The van der Waals surface area contributed by atoms with E-state index in [0.29, 0.717) is 0 Å². The summed E-state index contributed by atoms with van der Waals surface area (Å²) in [6, 6.07) is 0. The van der Waals surface area contributed by atoms with Crippen LogP contribution < -0.4 is 0 Å². The number of hydrogen-bond acceptors (Lipinski definition) is 2. The van der Waals surface area contributed by atoms with Crippen LogP contribution in [0.25, 0.3) is 0 Å². The third kappa shape index (κ3) is 2.51. The van der Waals surface area contributed by atoms with Crippen LogP contribution in [0.5, 0.6) is 0 Å². The molecule has 1 fully saturated rings. The number of allylic oxidation sites excluding steroid dienone is 2. The Morgan fingerprint density at radius 2 is 1.89 bits per heavy atom. The van der Waals surface area contributed by atoms with Crippen molar-refractivity contribution in [2.75, 3.05) is 7.05 Å². The normalized spacial score (nSPS) is 28.7. The quantitative estimate of drug-likeness (QED) is 0.432. The maximum atomic E-state index is 12.3. The molecule has 104 valence electrons. The summed E-state index contributed by atoms with van der Waals surface area (Å²) in [5, 5.41) is 0. The van der Waals surface area contributed by atoms with Gasteiger partial charge in [-0.2, -0.15) is 0 Å². The van der Waals surface area contributed by atoms with Crippen molar-refractivity contribution in [1.29, 1.82) is 0 Å². The third-order valence-corrected chi connectivity index (χ3v) is 5.64. The van der Waals surface area contributed by atoms with Gasteiger partial charge in [0.05, 0.1) is 9.46 Å². The molecule has 2 unspecified atom stereocenters. The van der Waals surface area contributed by atoms with Crippen molar-refractivity contribution in [2.24, 2.45) is 5.92 Å². The Morgan fingerprint density at radius 1 is 1.26 bits per heavy atom. The zero-order valence-corrected chi connectivity index (χ0v) is 13.6. The van der Waals surface area contributed by atoms with E-state index in [4.69, 9.17) is 0 Å². The Kier molecular flexibility index (Phi) is 4.48. The molecule has 0 N–H and O–H groups in total. The summed E-state index contributed by atoms with van der Waals surface area (Å²) in [6.45, 7) is 2.18. The number of unbranched alkanes of at least 4 members (excludes halogenated alkanes) is 2. The Morgan fingerprint density at radius 3 is 2.47 bits per heavy atom. The Labute approximate surface area is 128 Å². The molecule has 1 saturated heterocycles. The molecular formula is C15H20INO2. The number of likely N-dealkylation sites (tertiary alicyclic amines) is 1. The van der Waals surface area contributed by atoms with Gasteiger partial charge in [-0.3, -0.25) is 9.59 Å². The summed E-state index contributed by atoms with van der Waals surface area (Å²) >= 11 is 2.26. The van der Waals surface area contributed by atoms with Crippen molar-refractivity contribution in [1.82, 2.24) is 4.90 Å². The van der Waals surface area contributed by atoms with Crippen LogP contribution in [0.2, 0.25) is 0 Å². The molecule has 0 aromatic rings. The van der Waals surface area contributed by atoms with E-state index in [0.717, 1.165) is 12.8 Å². The molecule has 1 amide bonds. The van der Waals surface area contributed by atoms with E-state index in [1.165, 1.54) is 12.8 Å². The topological polar surface area (TPSA) is 37.4 Å². The van der Waals surface area contributed by atoms with Crippen LogP contribution in [0.3, 0.4) is 0 Å². The second kappa shape index (κ2) is 5.77. The number of rotatable bonds is 4. The van der Waals surface area contributed by atoms with Gasteiger partial charge in [-0.15, -0.1) is 0 Å². The van der Waals surface area contributed by atoms with Crippen molar-refractivity contribution < 1.29 is 9.59 Å². The summed E-state index contributed by atoms with van der Waals surface area (Å²) < 4.78 is 0.00181. The number of ketones is 1. The molecule has 2 aliphatic rings. The Bertz CT molecular complexity index is 425. The maximum absolute atomic E-state index is 12.3. The van der Waals surface area contributed by atoms with Crippen molar-refractivity contribution in [3.8, 4) is 0 Å². The molecule has 19 heavy (non-hydrogen) atoms. The van der Waals surface area contributed by atoms with Crippen LogP contribution in [0, 0.1) is 5.92 Å². The maximum Gasteiger partial charge on any atom is 0.236 e. The van der Waals surface area contributed by atoms with Crippen LogP contribution in [0.15, 0.2) is 24.3 Å². The molecule has 2 atom stereocenters. The van der Waals surface area contributed by atoms with Crippen LogP contribution in [-0.2, 0) is 9.59 Å². The Hall–Kier alpha value is -0.650. The fourth-order valence-corrected chi connectivity index (χ4v) is 4.39. The molecule has 1 heterocycles. The van der Waals surface area contributed by atoms with Gasteiger partial charge >= 0.3 is 0 Å². The number of nitrogens with zero attached hydrogens (tertiary/aromatic N) is 1. The van der Waals surface area contributed by atoms with Gasteiger partial charge < -0.3 is 4.90 Å². The lowest BCUT2D eigenvalue weighted by Crippen LogP contribution is -2.45. The van der Waals surface area contributed by atoms with Crippen LogP contribution in [-0.4, -0.2) is 33.1 Å². The van der Waals surface area contributed by atoms with Crippen LogP contribution in [0.4, 0.5) is 0 Å². The highest BCUT2D eigenvalue weighted by atomic mass is 127. The molecule has 0 aromatic heterocycles. The van der Waals surface area contributed by atoms with Gasteiger partial charge in [-0.25, -0.2) is 0 Å². The first-order chi connectivity index (χ1) is 9.03. The van der Waals surface area contributed by atoms with Crippen LogP contribution in [0.1, 0.15) is 32.6 Å². The van der Waals surface area contributed by atoms with E-state index >= 15 is 0 Å². The van der Waals surface area contributed by atoms with Gasteiger partial charge in [0, 0.05) is 13.0 Å². The lowest BCUT2D eigenvalue weighted by atomic mass is 9.78. The standard InChI is InChI=1S/C15H20INO2/c1-3-4-5-6-12-13(16)14(19)17(2)15(12)9-7-11(18)8-10-15/h7-10,12-13H,3-6H2,1-2H3. The van der Waals surface area contributed by atoms with Gasteiger partial charge in [-0.1, -0.05) is 60.9 Å². The minimum absolute atomic E-state index is 0.00181. The molecular weight excluding hydrogens is 353 g/mol.